The Hall–Kier alpha value is -3.93. The van der Waals surface area contributed by atoms with Crippen LogP contribution in [0.4, 0.5) is 11.4 Å². The summed E-state index contributed by atoms with van der Waals surface area (Å²) in [5, 5.41) is 12.1. The van der Waals surface area contributed by atoms with Gasteiger partial charge in [-0.2, -0.15) is 0 Å². The number of carbonyl (C=O) groups excluding carboxylic acids is 3. The molecule has 1 aliphatic rings. The van der Waals surface area contributed by atoms with Crippen LogP contribution in [0.1, 0.15) is 31.1 Å². The normalized spacial score (nSPS) is 12.8. The van der Waals surface area contributed by atoms with Gasteiger partial charge in [0, 0.05) is 11.3 Å². The van der Waals surface area contributed by atoms with Crippen LogP contribution in [0.15, 0.2) is 72.8 Å². The van der Waals surface area contributed by atoms with Crippen LogP contribution in [0.2, 0.25) is 0 Å². The SMILES string of the molecule is O=C(Nc1ccc2c(c1)C(=O)N(c1ccc(O)cc1)C2=O)c1ccccc1. The quantitative estimate of drug-likeness (QED) is 0.702. The fourth-order valence-electron chi connectivity index (χ4n) is 2.95. The third-order valence-corrected chi connectivity index (χ3v) is 4.29. The second-order valence-corrected chi connectivity index (χ2v) is 6.04. The predicted molar refractivity (Wildman–Crippen MR) is 100 cm³/mol. The Bertz CT molecular complexity index is 1060. The number of fused-ring (bicyclic) bond motifs is 1. The molecule has 0 aliphatic carbocycles. The molecule has 4 rings (SSSR count). The molecule has 0 saturated carbocycles. The first-order chi connectivity index (χ1) is 13.0. The molecular weight excluding hydrogens is 344 g/mol. The predicted octanol–water partition coefficient (Wildman–Crippen LogP) is 3.45. The average molecular weight is 358 g/mol. The number of nitrogens with zero attached hydrogens (tertiary/aromatic N) is 1. The zero-order valence-corrected chi connectivity index (χ0v) is 14.0. The second kappa shape index (κ2) is 6.42. The number of rotatable bonds is 3. The van der Waals surface area contributed by atoms with Gasteiger partial charge in [-0.3, -0.25) is 14.4 Å². The molecule has 3 amide bonds. The van der Waals surface area contributed by atoms with E-state index in [-0.39, 0.29) is 22.8 Å². The van der Waals surface area contributed by atoms with Crippen molar-refractivity contribution in [1.29, 1.82) is 0 Å². The molecule has 132 valence electrons. The van der Waals surface area contributed by atoms with E-state index >= 15 is 0 Å². The van der Waals surface area contributed by atoms with Crippen LogP contribution in [0.25, 0.3) is 0 Å². The third-order valence-electron chi connectivity index (χ3n) is 4.29. The minimum atomic E-state index is -0.475. The van der Waals surface area contributed by atoms with Crippen molar-refractivity contribution in [2.45, 2.75) is 0 Å². The molecule has 6 heteroatoms. The fraction of sp³-hybridized carbons (Fsp3) is 0. The second-order valence-electron chi connectivity index (χ2n) is 6.04. The van der Waals surface area contributed by atoms with Crippen molar-refractivity contribution < 1.29 is 19.5 Å². The Morgan fingerprint density at radius 2 is 1.48 bits per heavy atom. The molecule has 0 bridgehead atoms. The first-order valence-electron chi connectivity index (χ1n) is 8.23. The number of aromatic hydroxyl groups is 1. The lowest BCUT2D eigenvalue weighted by Crippen LogP contribution is -2.29. The highest BCUT2D eigenvalue weighted by atomic mass is 16.3. The Morgan fingerprint density at radius 1 is 0.815 bits per heavy atom. The van der Waals surface area contributed by atoms with E-state index < -0.39 is 11.8 Å². The number of benzene rings is 3. The molecule has 3 aromatic carbocycles. The van der Waals surface area contributed by atoms with Crippen LogP contribution in [-0.4, -0.2) is 22.8 Å². The first-order valence-corrected chi connectivity index (χ1v) is 8.23. The molecule has 0 atom stereocenters. The molecule has 1 aliphatic heterocycles. The van der Waals surface area contributed by atoms with Gasteiger partial charge in [-0.25, -0.2) is 4.90 Å². The van der Waals surface area contributed by atoms with Crippen LogP contribution in [0.3, 0.4) is 0 Å². The van der Waals surface area contributed by atoms with Crippen molar-refractivity contribution in [3.8, 4) is 5.75 Å². The average Bonchev–Trinajstić information content (AvgIpc) is 2.93. The van der Waals surface area contributed by atoms with Gasteiger partial charge in [0.25, 0.3) is 17.7 Å². The molecule has 27 heavy (non-hydrogen) atoms. The van der Waals surface area contributed by atoms with E-state index in [4.69, 9.17) is 0 Å². The van der Waals surface area contributed by atoms with Gasteiger partial charge in [0.05, 0.1) is 16.8 Å². The summed E-state index contributed by atoms with van der Waals surface area (Å²) in [7, 11) is 0. The molecule has 0 unspecified atom stereocenters. The smallest absolute Gasteiger partial charge is 0.266 e. The highest BCUT2D eigenvalue weighted by Gasteiger charge is 2.36. The lowest BCUT2D eigenvalue weighted by atomic mass is 10.1. The van der Waals surface area contributed by atoms with Crippen molar-refractivity contribution in [2.75, 3.05) is 10.2 Å². The van der Waals surface area contributed by atoms with Crippen LogP contribution < -0.4 is 10.2 Å². The van der Waals surface area contributed by atoms with Crippen molar-refractivity contribution in [2.24, 2.45) is 0 Å². The first kappa shape index (κ1) is 16.5. The molecule has 2 N–H and O–H groups in total. The summed E-state index contributed by atoms with van der Waals surface area (Å²) < 4.78 is 0. The Labute approximate surface area is 154 Å². The van der Waals surface area contributed by atoms with Crippen molar-refractivity contribution in [1.82, 2.24) is 0 Å². The Morgan fingerprint density at radius 3 is 2.19 bits per heavy atom. The highest BCUT2D eigenvalue weighted by Crippen LogP contribution is 2.31. The summed E-state index contributed by atoms with van der Waals surface area (Å²) >= 11 is 0. The molecule has 0 radical (unpaired) electrons. The van der Waals surface area contributed by atoms with Gasteiger partial charge in [0.2, 0.25) is 0 Å². The zero-order chi connectivity index (χ0) is 19.0. The van der Waals surface area contributed by atoms with E-state index in [1.165, 1.54) is 36.4 Å². The molecular formula is C21H14N2O4. The topological polar surface area (TPSA) is 86.7 Å². The Kier molecular flexibility index (Phi) is 3.93. The van der Waals surface area contributed by atoms with E-state index in [0.29, 0.717) is 16.9 Å². The number of amides is 3. The summed E-state index contributed by atoms with van der Waals surface area (Å²) in [4.78, 5) is 38.7. The summed E-state index contributed by atoms with van der Waals surface area (Å²) in [6, 6.07) is 19.1. The minimum absolute atomic E-state index is 0.0428. The molecule has 3 aromatic rings. The van der Waals surface area contributed by atoms with E-state index in [1.807, 2.05) is 6.07 Å². The highest BCUT2D eigenvalue weighted by molar-refractivity contribution is 6.34. The fourth-order valence-corrected chi connectivity index (χ4v) is 2.95. The van der Waals surface area contributed by atoms with Crippen molar-refractivity contribution in [3.63, 3.8) is 0 Å². The molecule has 0 saturated heterocycles. The molecule has 6 nitrogen and oxygen atoms in total. The van der Waals surface area contributed by atoms with Crippen LogP contribution >= 0.6 is 0 Å². The van der Waals surface area contributed by atoms with Gasteiger partial charge in [-0.1, -0.05) is 18.2 Å². The summed E-state index contributed by atoms with van der Waals surface area (Å²) in [5.41, 5.74) is 1.78. The molecule has 0 spiro atoms. The Balaban J connectivity index is 1.62. The van der Waals surface area contributed by atoms with E-state index in [1.54, 1.807) is 30.3 Å². The number of hydrogen-bond acceptors (Lipinski definition) is 4. The van der Waals surface area contributed by atoms with E-state index in [2.05, 4.69) is 5.32 Å². The van der Waals surface area contributed by atoms with Gasteiger partial charge >= 0.3 is 0 Å². The lowest BCUT2D eigenvalue weighted by molar-refractivity contribution is 0.0924. The van der Waals surface area contributed by atoms with Gasteiger partial charge in [0.1, 0.15) is 5.75 Å². The van der Waals surface area contributed by atoms with Crippen molar-refractivity contribution in [3.05, 3.63) is 89.5 Å². The zero-order valence-electron chi connectivity index (χ0n) is 14.0. The summed E-state index contributed by atoms with van der Waals surface area (Å²) in [6.45, 7) is 0. The number of carbonyl (C=O) groups is 3. The number of phenols is 1. The van der Waals surface area contributed by atoms with Crippen LogP contribution in [-0.2, 0) is 0 Å². The number of anilines is 2. The molecule has 0 aromatic heterocycles. The van der Waals surface area contributed by atoms with Gasteiger partial charge < -0.3 is 10.4 Å². The number of hydrogen-bond donors (Lipinski definition) is 2. The number of phenolic OH excluding ortho intramolecular Hbond substituents is 1. The number of nitrogens with one attached hydrogen (secondary N) is 1. The largest absolute Gasteiger partial charge is 0.508 e. The maximum absolute atomic E-state index is 12.7. The van der Waals surface area contributed by atoms with E-state index in [0.717, 1.165) is 4.90 Å². The maximum Gasteiger partial charge on any atom is 0.266 e. The van der Waals surface area contributed by atoms with Gasteiger partial charge in [-0.15, -0.1) is 0 Å². The van der Waals surface area contributed by atoms with Crippen LogP contribution in [0, 0.1) is 0 Å². The molecule has 1 heterocycles. The standard InChI is InChI=1S/C21H14N2O4/c24-16-9-7-15(8-10-16)23-20(26)17-11-6-14(12-18(17)21(23)27)22-19(25)13-4-2-1-3-5-13/h1-12,24H,(H,22,25). The van der Waals surface area contributed by atoms with Crippen LogP contribution in [0.5, 0.6) is 5.75 Å². The summed E-state index contributed by atoms with van der Waals surface area (Å²) in [6.07, 6.45) is 0. The van der Waals surface area contributed by atoms with Crippen molar-refractivity contribution >= 4 is 29.1 Å². The maximum atomic E-state index is 12.7. The monoisotopic (exact) mass is 358 g/mol. The molecule has 0 fully saturated rings. The van der Waals surface area contributed by atoms with Gasteiger partial charge in [-0.05, 0) is 54.6 Å². The van der Waals surface area contributed by atoms with E-state index in [9.17, 15) is 19.5 Å². The number of imide groups is 1. The summed E-state index contributed by atoms with van der Waals surface area (Å²) in [5.74, 6) is -1.18. The third kappa shape index (κ3) is 2.93. The van der Waals surface area contributed by atoms with Gasteiger partial charge in [0.15, 0.2) is 0 Å². The lowest BCUT2D eigenvalue weighted by Gasteiger charge is -2.13. The minimum Gasteiger partial charge on any atom is -0.508 e.